The van der Waals surface area contributed by atoms with Crippen LogP contribution in [0.3, 0.4) is 0 Å². The first-order chi connectivity index (χ1) is 10.3. The Kier molecular flexibility index (Phi) is 6.50. The van der Waals surface area contributed by atoms with Crippen LogP contribution in [0.15, 0.2) is 24.3 Å². The van der Waals surface area contributed by atoms with Crippen molar-refractivity contribution in [3.8, 4) is 5.75 Å². The lowest BCUT2D eigenvalue weighted by Crippen LogP contribution is -2.46. The highest BCUT2D eigenvalue weighted by Crippen LogP contribution is 2.13. The third-order valence-corrected chi connectivity index (χ3v) is 3.57. The molecule has 0 saturated carbocycles. The van der Waals surface area contributed by atoms with E-state index in [4.69, 9.17) is 9.47 Å². The average Bonchev–Trinajstić information content (AvgIpc) is 2.55. The van der Waals surface area contributed by atoms with Gasteiger partial charge in [0, 0.05) is 33.3 Å². The van der Waals surface area contributed by atoms with Crippen LogP contribution in [0, 0.1) is 0 Å². The average molecular weight is 292 g/mol. The summed E-state index contributed by atoms with van der Waals surface area (Å²) >= 11 is 0. The van der Waals surface area contributed by atoms with Crippen molar-refractivity contribution in [3.05, 3.63) is 29.8 Å². The largest absolute Gasteiger partial charge is 0.493 e. The van der Waals surface area contributed by atoms with Crippen LogP contribution in [0.1, 0.15) is 12.0 Å². The topological polar surface area (TPSA) is 50.8 Å². The molecule has 5 heteroatoms. The Bertz CT molecular complexity index is 428. The summed E-state index contributed by atoms with van der Waals surface area (Å²) in [7, 11) is 1.70. The minimum atomic E-state index is 0.174. The molecule has 0 aliphatic carbocycles. The number of carbonyl (C=O) groups excluding carboxylic acids is 1. The molecule has 0 bridgehead atoms. The van der Waals surface area contributed by atoms with Gasteiger partial charge in [0.1, 0.15) is 5.75 Å². The highest BCUT2D eigenvalue weighted by molar-refractivity contribution is 5.76. The van der Waals surface area contributed by atoms with E-state index in [1.54, 1.807) is 7.11 Å². The van der Waals surface area contributed by atoms with E-state index in [-0.39, 0.29) is 5.91 Å². The predicted octanol–water partition coefficient (Wildman–Crippen LogP) is 1.08. The molecule has 2 rings (SSSR count). The van der Waals surface area contributed by atoms with Gasteiger partial charge < -0.3 is 19.7 Å². The van der Waals surface area contributed by atoms with E-state index < -0.39 is 0 Å². The van der Waals surface area contributed by atoms with Crippen LogP contribution in [0.5, 0.6) is 5.75 Å². The SMILES string of the molecule is COCCc1ccc(OCCC(=O)N2CCNCC2)cc1. The second-order valence-corrected chi connectivity index (χ2v) is 5.12. The maximum atomic E-state index is 12.0. The van der Waals surface area contributed by atoms with E-state index >= 15 is 0 Å². The van der Waals surface area contributed by atoms with Gasteiger partial charge in [0.05, 0.1) is 19.6 Å². The van der Waals surface area contributed by atoms with Crippen LogP contribution >= 0.6 is 0 Å². The van der Waals surface area contributed by atoms with Crippen LogP contribution in [0.4, 0.5) is 0 Å². The lowest BCUT2D eigenvalue weighted by atomic mass is 10.1. The molecule has 1 aliphatic heterocycles. The van der Waals surface area contributed by atoms with Crippen LogP contribution in [-0.4, -0.2) is 57.3 Å². The molecular weight excluding hydrogens is 268 g/mol. The third kappa shape index (κ3) is 5.36. The van der Waals surface area contributed by atoms with Crippen LogP contribution in [0.25, 0.3) is 0 Å². The van der Waals surface area contributed by atoms with Gasteiger partial charge in [-0.25, -0.2) is 0 Å². The van der Waals surface area contributed by atoms with Crippen molar-refractivity contribution < 1.29 is 14.3 Å². The Balaban J connectivity index is 1.69. The van der Waals surface area contributed by atoms with Gasteiger partial charge in [-0.3, -0.25) is 4.79 Å². The molecule has 1 heterocycles. The van der Waals surface area contributed by atoms with E-state index in [0.29, 0.717) is 13.0 Å². The minimum absolute atomic E-state index is 0.174. The number of ether oxygens (including phenoxy) is 2. The van der Waals surface area contributed by atoms with E-state index in [0.717, 1.165) is 45.0 Å². The molecule has 1 amide bonds. The molecule has 21 heavy (non-hydrogen) atoms. The fourth-order valence-electron chi connectivity index (χ4n) is 2.30. The molecule has 1 fully saturated rings. The summed E-state index contributed by atoms with van der Waals surface area (Å²) in [6.07, 6.45) is 1.34. The molecule has 1 N–H and O–H groups in total. The lowest BCUT2D eigenvalue weighted by molar-refractivity contribution is -0.132. The zero-order chi connectivity index (χ0) is 14.9. The summed E-state index contributed by atoms with van der Waals surface area (Å²) in [4.78, 5) is 13.9. The highest BCUT2D eigenvalue weighted by Gasteiger charge is 2.15. The molecule has 0 atom stereocenters. The summed E-state index contributed by atoms with van der Waals surface area (Å²) in [5.74, 6) is 0.984. The van der Waals surface area contributed by atoms with Gasteiger partial charge in [-0.15, -0.1) is 0 Å². The minimum Gasteiger partial charge on any atom is -0.493 e. The Morgan fingerprint density at radius 2 is 1.90 bits per heavy atom. The molecule has 1 aromatic rings. The zero-order valence-corrected chi connectivity index (χ0v) is 12.6. The van der Waals surface area contributed by atoms with Gasteiger partial charge >= 0.3 is 0 Å². The van der Waals surface area contributed by atoms with Crippen molar-refractivity contribution in [3.63, 3.8) is 0 Å². The van der Waals surface area contributed by atoms with Crippen molar-refractivity contribution in [2.24, 2.45) is 0 Å². The molecular formula is C16H24N2O3. The smallest absolute Gasteiger partial charge is 0.226 e. The van der Waals surface area contributed by atoms with Gasteiger partial charge in [-0.05, 0) is 24.1 Å². The zero-order valence-electron chi connectivity index (χ0n) is 12.6. The van der Waals surface area contributed by atoms with Gasteiger partial charge in [0.15, 0.2) is 0 Å². The van der Waals surface area contributed by atoms with Gasteiger partial charge in [0.2, 0.25) is 5.91 Å². The summed E-state index contributed by atoms with van der Waals surface area (Å²) in [5.41, 5.74) is 1.22. The molecule has 1 aromatic carbocycles. The molecule has 1 aliphatic rings. The van der Waals surface area contributed by atoms with Crippen molar-refractivity contribution >= 4 is 5.91 Å². The molecule has 0 spiro atoms. The van der Waals surface area contributed by atoms with Crippen molar-refractivity contribution in [2.45, 2.75) is 12.8 Å². The number of carbonyl (C=O) groups is 1. The number of hydrogen-bond acceptors (Lipinski definition) is 4. The number of piperazine rings is 1. The fraction of sp³-hybridized carbons (Fsp3) is 0.562. The monoisotopic (exact) mass is 292 g/mol. The van der Waals surface area contributed by atoms with E-state index in [2.05, 4.69) is 5.32 Å². The summed E-state index contributed by atoms with van der Waals surface area (Å²) in [6, 6.07) is 7.96. The van der Waals surface area contributed by atoms with Crippen molar-refractivity contribution in [2.75, 3.05) is 46.5 Å². The summed E-state index contributed by atoms with van der Waals surface area (Å²) in [6.45, 7) is 4.52. The first-order valence-corrected chi connectivity index (χ1v) is 7.49. The van der Waals surface area contributed by atoms with Gasteiger partial charge in [0.25, 0.3) is 0 Å². The maximum Gasteiger partial charge on any atom is 0.226 e. The molecule has 5 nitrogen and oxygen atoms in total. The number of nitrogens with zero attached hydrogens (tertiary/aromatic N) is 1. The first kappa shape index (κ1) is 15.8. The van der Waals surface area contributed by atoms with E-state index in [1.165, 1.54) is 5.56 Å². The third-order valence-electron chi connectivity index (χ3n) is 3.57. The molecule has 0 radical (unpaired) electrons. The second kappa shape index (κ2) is 8.64. The number of methoxy groups -OCH3 is 1. The standard InChI is InChI=1S/C16H24N2O3/c1-20-12-6-14-2-4-15(5-3-14)21-13-7-16(19)18-10-8-17-9-11-18/h2-5,17H,6-13H2,1H3. The quantitative estimate of drug-likeness (QED) is 0.817. The van der Waals surface area contributed by atoms with E-state index in [9.17, 15) is 4.79 Å². The van der Waals surface area contributed by atoms with Gasteiger partial charge in [-0.1, -0.05) is 12.1 Å². The number of amides is 1. The molecule has 0 aromatic heterocycles. The number of hydrogen-bond donors (Lipinski definition) is 1. The van der Waals surface area contributed by atoms with Crippen molar-refractivity contribution in [1.82, 2.24) is 10.2 Å². The first-order valence-electron chi connectivity index (χ1n) is 7.49. The fourth-order valence-corrected chi connectivity index (χ4v) is 2.30. The Morgan fingerprint density at radius 1 is 1.19 bits per heavy atom. The Morgan fingerprint density at radius 3 is 2.57 bits per heavy atom. The molecule has 0 unspecified atom stereocenters. The second-order valence-electron chi connectivity index (χ2n) is 5.12. The Labute approximate surface area is 126 Å². The Hall–Kier alpha value is -1.59. The molecule has 1 saturated heterocycles. The van der Waals surface area contributed by atoms with Crippen LogP contribution in [0.2, 0.25) is 0 Å². The normalized spacial score (nSPS) is 15.0. The maximum absolute atomic E-state index is 12.0. The number of benzene rings is 1. The van der Waals surface area contributed by atoms with Gasteiger partial charge in [-0.2, -0.15) is 0 Å². The van der Waals surface area contributed by atoms with E-state index in [1.807, 2.05) is 29.2 Å². The van der Waals surface area contributed by atoms with Crippen LogP contribution < -0.4 is 10.1 Å². The lowest BCUT2D eigenvalue weighted by Gasteiger charge is -2.27. The van der Waals surface area contributed by atoms with Crippen molar-refractivity contribution in [1.29, 1.82) is 0 Å². The number of rotatable bonds is 7. The summed E-state index contributed by atoms with van der Waals surface area (Å²) < 4.78 is 10.7. The predicted molar refractivity (Wildman–Crippen MR) is 81.6 cm³/mol. The molecule has 116 valence electrons. The summed E-state index contributed by atoms with van der Waals surface area (Å²) in [5, 5.41) is 3.24. The van der Waals surface area contributed by atoms with Crippen LogP contribution in [-0.2, 0) is 16.0 Å². The number of nitrogens with one attached hydrogen (secondary N) is 1. The highest BCUT2D eigenvalue weighted by atomic mass is 16.5.